The fraction of sp³-hybridized carbons (Fsp3) is 0.182. The van der Waals surface area contributed by atoms with Crippen LogP contribution >= 0.6 is 11.3 Å². The van der Waals surface area contributed by atoms with Gasteiger partial charge in [0.25, 0.3) is 5.91 Å². The predicted octanol–water partition coefficient (Wildman–Crippen LogP) is 4.91. The van der Waals surface area contributed by atoms with Crippen LogP contribution in [0.2, 0.25) is 0 Å². The van der Waals surface area contributed by atoms with Crippen LogP contribution < -0.4 is 10.1 Å². The van der Waals surface area contributed by atoms with E-state index in [2.05, 4.69) is 20.4 Å². The first-order valence-electron chi connectivity index (χ1n) is 9.38. The van der Waals surface area contributed by atoms with Crippen molar-refractivity contribution in [3.63, 3.8) is 0 Å². The number of aryl methyl sites for hydroxylation is 4. The number of carbonyl (C=O) groups excluding carboxylic acids is 1. The highest BCUT2D eigenvalue weighted by Gasteiger charge is 2.18. The summed E-state index contributed by atoms with van der Waals surface area (Å²) in [6.07, 6.45) is 5.32. The SMILES string of the molecule is Cc1ccnc(Oc2cc(NC(=O)c3sc(-c4cnn(C)c4)nc3C)ccc2C)c1. The highest BCUT2D eigenvalue weighted by molar-refractivity contribution is 7.17. The van der Waals surface area contributed by atoms with Crippen LogP contribution in [0.25, 0.3) is 10.6 Å². The zero-order valence-electron chi connectivity index (χ0n) is 17.1. The van der Waals surface area contributed by atoms with Crippen molar-refractivity contribution in [1.82, 2.24) is 19.7 Å². The average Bonchev–Trinajstić information content (AvgIpc) is 3.30. The Morgan fingerprint density at radius 1 is 1.17 bits per heavy atom. The van der Waals surface area contributed by atoms with Crippen molar-refractivity contribution in [1.29, 1.82) is 0 Å². The Bertz CT molecular complexity index is 1230. The Morgan fingerprint density at radius 3 is 2.73 bits per heavy atom. The minimum atomic E-state index is -0.205. The zero-order chi connectivity index (χ0) is 21.3. The van der Waals surface area contributed by atoms with E-state index in [4.69, 9.17) is 4.74 Å². The summed E-state index contributed by atoms with van der Waals surface area (Å²) in [4.78, 5) is 22.2. The van der Waals surface area contributed by atoms with Crippen LogP contribution in [0.1, 0.15) is 26.5 Å². The molecule has 0 radical (unpaired) electrons. The van der Waals surface area contributed by atoms with Gasteiger partial charge in [-0.05, 0) is 44.0 Å². The number of anilines is 1. The minimum Gasteiger partial charge on any atom is -0.439 e. The number of ether oxygens (including phenoxy) is 1. The van der Waals surface area contributed by atoms with Crippen molar-refractivity contribution in [3.05, 3.63) is 70.6 Å². The van der Waals surface area contributed by atoms with Crippen molar-refractivity contribution in [2.24, 2.45) is 7.05 Å². The van der Waals surface area contributed by atoms with Gasteiger partial charge in [-0.3, -0.25) is 9.48 Å². The standard InChI is InChI=1S/C22H21N5O2S/c1-13-7-8-23-19(9-13)29-18-10-17(6-5-14(18)2)26-21(28)20-15(3)25-22(30-20)16-11-24-27(4)12-16/h5-12H,1-4H3,(H,26,28). The van der Waals surface area contributed by atoms with Gasteiger partial charge in [-0.1, -0.05) is 6.07 Å². The third kappa shape index (κ3) is 4.23. The summed E-state index contributed by atoms with van der Waals surface area (Å²) in [6, 6.07) is 9.33. The quantitative estimate of drug-likeness (QED) is 0.497. The van der Waals surface area contributed by atoms with Gasteiger partial charge in [0, 0.05) is 42.8 Å². The summed E-state index contributed by atoms with van der Waals surface area (Å²) in [7, 11) is 1.85. The minimum absolute atomic E-state index is 0.205. The second-order valence-electron chi connectivity index (χ2n) is 7.04. The van der Waals surface area contributed by atoms with Crippen LogP contribution in [-0.2, 0) is 7.05 Å². The maximum atomic E-state index is 12.9. The van der Waals surface area contributed by atoms with Gasteiger partial charge in [0.1, 0.15) is 15.6 Å². The van der Waals surface area contributed by atoms with E-state index in [0.29, 0.717) is 27.9 Å². The molecule has 4 aromatic rings. The van der Waals surface area contributed by atoms with Crippen molar-refractivity contribution < 1.29 is 9.53 Å². The van der Waals surface area contributed by atoms with Gasteiger partial charge in [-0.15, -0.1) is 11.3 Å². The summed E-state index contributed by atoms with van der Waals surface area (Å²) >= 11 is 1.35. The molecule has 3 heterocycles. The average molecular weight is 420 g/mol. The normalized spacial score (nSPS) is 10.8. The first-order chi connectivity index (χ1) is 14.4. The van der Waals surface area contributed by atoms with Crippen molar-refractivity contribution >= 4 is 22.9 Å². The second kappa shape index (κ2) is 8.08. The summed E-state index contributed by atoms with van der Waals surface area (Å²) in [5, 5.41) is 7.88. The molecule has 0 aliphatic heterocycles. The number of hydrogen-bond donors (Lipinski definition) is 1. The lowest BCUT2D eigenvalue weighted by atomic mass is 10.2. The van der Waals surface area contributed by atoms with Crippen LogP contribution in [-0.4, -0.2) is 25.7 Å². The number of aromatic nitrogens is 4. The molecule has 0 aliphatic rings. The lowest BCUT2D eigenvalue weighted by molar-refractivity contribution is 0.103. The van der Waals surface area contributed by atoms with E-state index in [1.807, 2.05) is 58.3 Å². The van der Waals surface area contributed by atoms with Crippen molar-refractivity contribution in [3.8, 4) is 22.2 Å². The number of hydrogen-bond acceptors (Lipinski definition) is 6. The van der Waals surface area contributed by atoms with E-state index in [-0.39, 0.29) is 5.91 Å². The fourth-order valence-electron chi connectivity index (χ4n) is 2.91. The van der Waals surface area contributed by atoms with Gasteiger partial charge in [0.2, 0.25) is 5.88 Å². The van der Waals surface area contributed by atoms with Crippen molar-refractivity contribution in [2.75, 3.05) is 5.32 Å². The molecule has 0 aliphatic carbocycles. The number of benzene rings is 1. The molecular weight excluding hydrogens is 398 g/mol. The number of pyridine rings is 1. The third-order valence-corrected chi connectivity index (χ3v) is 5.71. The highest BCUT2D eigenvalue weighted by atomic mass is 32.1. The number of carbonyl (C=O) groups is 1. The fourth-order valence-corrected chi connectivity index (χ4v) is 3.85. The smallest absolute Gasteiger partial charge is 0.267 e. The number of thiazole rings is 1. The molecular formula is C22H21N5O2S. The molecule has 1 N–H and O–H groups in total. The molecule has 8 heteroatoms. The number of rotatable bonds is 5. The maximum absolute atomic E-state index is 12.9. The molecule has 0 spiro atoms. The Labute approximate surface area is 178 Å². The Hall–Kier alpha value is -3.52. The zero-order valence-corrected chi connectivity index (χ0v) is 17.9. The maximum Gasteiger partial charge on any atom is 0.267 e. The van der Waals surface area contributed by atoms with Gasteiger partial charge in [-0.2, -0.15) is 5.10 Å². The van der Waals surface area contributed by atoms with Gasteiger partial charge in [-0.25, -0.2) is 9.97 Å². The van der Waals surface area contributed by atoms with Crippen LogP contribution in [0, 0.1) is 20.8 Å². The molecule has 0 unspecified atom stereocenters. The highest BCUT2D eigenvalue weighted by Crippen LogP contribution is 2.30. The van der Waals surface area contributed by atoms with Crippen LogP contribution in [0.5, 0.6) is 11.6 Å². The summed E-state index contributed by atoms with van der Waals surface area (Å²) < 4.78 is 7.64. The van der Waals surface area contributed by atoms with Crippen LogP contribution in [0.15, 0.2) is 48.9 Å². The van der Waals surface area contributed by atoms with E-state index in [9.17, 15) is 4.79 Å². The Balaban J connectivity index is 1.54. The number of amides is 1. The van der Waals surface area contributed by atoms with Gasteiger partial charge in [0.15, 0.2) is 0 Å². The second-order valence-corrected chi connectivity index (χ2v) is 8.04. The molecule has 30 heavy (non-hydrogen) atoms. The van der Waals surface area contributed by atoms with Gasteiger partial charge in [0.05, 0.1) is 11.9 Å². The topological polar surface area (TPSA) is 81.9 Å². The van der Waals surface area contributed by atoms with Gasteiger partial charge >= 0.3 is 0 Å². The number of nitrogens with zero attached hydrogens (tertiary/aromatic N) is 4. The third-order valence-electron chi connectivity index (χ3n) is 4.51. The lowest BCUT2D eigenvalue weighted by Crippen LogP contribution is -2.11. The van der Waals surface area contributed by atoms with Gasteiger partial charge < -0.3 is 10.1 Å². The predicted molar refractivity (Wildman–Crippen MR) is 117 cm³/mol. The molecule has 3 aromatic heterocycles. The molecule has 0 atom stereocenters. The van der Waals surface area contributed by atoms with E-state index >= 15 is 0 Å². The molecule has 1 aromatic carbocycles. The molecule has 0 saturated carbocycles. The Kier molecular flexibility index (Phi) is 5.33. The number of nitrogens with one attached hydrogen (secondary N) is 1. The van der Waals surface area contributed by atoms with E-state index in [1.165, 1.54) is 11.3 Å². The monoisotopic (exact) mass is 419 g/mol. The van der Waals surface area contributed by atoms with E-state index in [0.717, 1.165) is 21.7 Å². The summed E-state index contributed by atoms with van der Waals surface area (Å²) in [5.74, 6) is 0.951. The summed E-state index contributed by atoms with van der Waals surface area (Å²) in [6.45, 7) is 5.76. The summed E-state index contributed by atoms with van der Waals surface area (Å²) in [5.41, 5.74) is 4.23. The molecule has 0 bridgehead atoms. The lowest BCUT2D eigenvalue weighted by Gasteiger charge is -2.11. The molecule has 0 fully saturated rings. The first kappa shape index (κ1) is 19.8. The van der Waals surface area contributed by atoms with Crippen LogP contribution in [0.4, 0.5) is 5.69 Å². The van der Waals surface area contributed by atoms with Crippen molar-refractivity contribution in [2.45, 2.75) is 20.8 Å². The Morgan fingerprint density at radius 2 is 2.00 bits per heavy atom. The van der Waals surface area contributed by atoms with E-state index in [1.54, 1.807) is 23.1 Å². The van der Waals surface area contributed by atoms with Crippen LogP contribution in [0.3, 0.4) is 0 Å². The molecule has 1 amide bonds. The molecule has 0 saturated heterocycles. The van der Waals surface area contributed by atoms with E-state index < -0.39 is 0 Å². The molecule has 152 valence electrons. The first-order valence-corrected chi connectivity index (χ1v) is 10.2. The molecule has 7 nitrogen and oxygen atoms in total. The largest absolute Gasteiger partial charge is 0.439 e. The molecule has 4 rings (SSSR count).